The van der Waals surface area contributed by atoms with Crippen LogP contribution in [0, 0.1) is 0 Å². The average molecular weight is 175 g/mol. The van der Waals surface area contributed by atoms with E-state index in [4.69, 9.17) is 11.6 Å². The Bertz CT molecular complexity index is 195. The Morgan fingerprint density at radius 3 is 2.55 bits per heavy atom. The highest BCUT2D eigenvalue weighted by molar-refractivity contribution is 6.62. The third-order valence-electron chi connectivity index (χ3n) is 2.74. The maximum atomic E-state index is 10.8. The summed E-state index contributed by atoms with van der Waals surface area (Å²) >= 11 is 5.39. The number of amides is 1. The fraction of sp³-hybridized carbons (Fsp3) is 0.857. The molecule has 2 saturated heterocycles. The molecule has 2 rings (SSSR count). The van der Waals surface area contributed by atoms with E-state index in [0.717, 1.165) is 19.5 Å². The third-order valence-corrected chi connectivity index (χ3v) is 2.96. The molecule has 0 aliphatic carbocycles. The van der Waals surface area contributed by atoms with E-state index < -0.39 is 0 Å². The lowest BCUT2D eigenvalue weighted by Crippen LogP contribution is -2.45. The van der Waals surface area contributed by atoms with Crippen LogP contribution >= 0.6 is 11.6 Å². The summed E-state index contributed by atoms with van der Waals surface area (Å²) < 4.78 is 0. The molecule has 2 heterocycles. The van der Waals surface area contributed by atoms with E-state index in [-0.39, 0.29) is 5.37 Å². The molecule has 62 valence electrons. The Kier molecular flexibility index (Phi) is 1.58. The number of rotatable bonds is 0. The topological polar surface area (TPSA) is 23.6 Å². The number of carbonyl (C=O) groups is 1. The SMILES string of the molecule is CN1C[C@H]2C[C@@H]1CN2C(=O)Cl. The number of halogens is 1. The molecule has 2 bridgehead atoms. The molecular formula is C7H11ClN2O. The highest BCUT2D eigenvalue weighted by atomic mass is 35.5. The molecule has 0 aromatic heterocycles. The second kappa shape index (κ2) is 2.35. The van der Waals surface area contributed by atoms with Gasteiger partial charge in [-0.15, -0.1) is 0 Å². The van der Waals surface area contributed by atoms with Gasteiger partial charge in [-0.3, -0.25) is 9.69 Å². The fourth-order valence-corrected chi connectivity index (χ4v) is 2.29. The molecule has 2 aliphatic rings. The van der Waals surface area contributed by atoms with Crippen molar-refractivity contribution in [2.45, 2.75) is 18.5 Å². The number of hydrogen-bond donors (Lipinski definition) is 0. The van der Waals surface area contributed by atoms with Gasteiger partial charge in [0, 0.05) is 25.2 Å². The van der Waals surface area contributed by atoms with Crippen LogP contribution in [0.5, 0.6) is 0 Å². The van der Waals surface area contributed by atoms with Crippen molar-refractivity contribution < 1.29 is 4.79 Å². The Balaban J connectivity index is 2.08. The molecule has 3 nitrogen and oxygen atoms in total. The van der Waals surface area contributed by atoms with E-state index in [1.54, 1.807) is 4.90 Å². The largest absolute Gasteiger partial charge is 0.323 e. The zero-order valence-corrected chi connectivity index (χ0v) is 7.21. The molecule has 0 spiro atoms. The van der Waals surface area contributed by atoms with Gasteiger partial charge in [0.2, 0.25) is 0 Å². The summed E-state index contributed by atoms with van der Waals surface area (Å²) in [6.45, 7) is 1.81. The summed E-state index contributed by atoms with van der Waals surface area (Å²) in [4.78, 5) is 14.9. The molecule has 11 heavy (non-hydrogen) atoms. The first-order valence-electron chi connectivity index (χ1n) is 3.85. The summed E-state index contributed by atoms with van der Waals surface area (Å²) in [5.41, 5.74) is 0. The molecule has 0 radical (unpaired) electrons. The Hall–Kier alpha value is -0.280. The zero-order valence-electron chi connectivity index (χ0n) is 6.46. The summed E-state index contributed by atoms with van der Waals surface area (Å²) in [6, 6.07) is 0.942. The van der Waals surface area contributed by atoms with Gasteiger partial charge in [0.1, 0.15) is 0 Å². The maximum absolute atomic E-state index is 10.8. The van der Waals surface area contributed by atoms with Gasteiger partial charge in [-0.1, -0.05) is 0 Å². The smallest absolute Gasteiger partial charge is 0.316 e. The minimum absolute atomic E-state index is 0.286. The first-order chi connectivity index (χ1) is 5.18. The summed E-state index contributed by atoms with van der Waals surface area (Å²) in [7, 11) is 2.10. The number of nitrogens with zero attached hydrogens (tertiary/aromatic N) is 2. The standard InChI is InChI=1S/C7H11ClN2O/c1-9-3-6-2-5(9)4-10(6)7(8)11/h5-6H,2-4H2,1H3/t5-,6-/m1/s1. The van der Waals surface area contributed by atoms with Crippen LogP contribution in [-0.2, 0) is 0 Å². The van der Waals surface area contributed by atoms with Crippen molar-refractivity contribution in [3.8, 4) is 0 Å². The zero-order chi connectivity index (χ0) is 8.01. The van der Waals surface area contributed by atoms with Crippen LogP contribution in [0.2, 0.25) is 0 Å². The van der Waals surface area contributed by atoms with E-state index in [1.807, 2.05) is 0 Å². The lowest BCUT2D eigenvalue weighted by atomic mass is 10.2. The van der Waals surface area contributed by atoms with Crippen LogP contribution < -0.4 is 0 Å². The van der Waals surface area contributed by atoms with E-state index >= 15 is 0 Å². The van der Waals surface area contributed by atoms with E-state index in [9.17, 15) is 4.79 Å². The van der Waals surface area contributed by atoms with Crippen molar-refractivity contribution in [3.63, 3.8) is 0 Å². The molecule has 0 N–H and O–H groups in total. The second-order valence-electron chi connectivity index (χ2n) is 3.39. The predicted molar refractivity (Wildman–Crippen MR) is 42.8 cm³/mol. The van der Waals surface area contributed by atoms with Crippen molar-refractivity contribution in [3.05, 3.63) is 0 Å². The predicted octanol–water partition coefficient (Wildman–Crippen LogP) is 0.734. The molecule has 1 amide bonds. The Morgan fingerprint density at radius 1 is 1.45 bits per heavy atom. The second-order valence-corrected chi connectivity index (χ2v) is 3.71. The number of piperazine rings is 1. The number of hydrogen-bond acceptors (Lipinski definition) is 2. The Labute approximate surface area is 70.9 Å². The number of fused-ring (bicyclic) bond motifs is 2. The molecule has 2 fully saturated rings. The van der Waals surface area contributed by atoms with Crippen molar-refractivity contribution in [2.24, 2.45) is 0 Å². The Morgan fingerprint density at radius 2 is 2.18 bits per heavy atom. The van der Waals surface area contributed by atoms with Gasteiger partial charge in [-0.25, -0.2) is 0 Å². The van der Waals surface area contributed by atoms with Crippen LogP contribution in [0.3, 0.4) is 0 Å². The van der Waals surface area contributed by atoms with E-state index in [0.29, 0.717) is 12.1 Å². The van der Waals surface area contributed by atoms with Crippen LogP contribution in [0.25, 0.3) is 0 Å². The molecule has 2 atom stereocenters. The molecule has 0 aromatic rings. The molecule has 4 heteroatoms. The minimum atomic E-state index is -0.286. The summed E-state index contributed by atoms with van der Waals surface area (Å²) in [6.07, 6.45) is 1.11. The lowest BCUT2D eigenvalue weighted by molar-refractivity contribution is 0.168. The molecule has 0 aromatic carbocycles. The van der Waals surface area contributed by atoms with Gasteiger partial charge in [-0.2, -0.15) is 0 Å². The van der Waals surface area contributed by atoms with Crippen LogP contribution in [-0.4, -0.2) is 47.4 Å². The lowest BCUT2D eigenvalue weighted by Gasteiger charge is -2.30. The quantitative estimate of drug-likeness (QED) is 0.400. The van der Waals surface area contributed by atoms with Gasteiger partial charge in [0.25, 0.3) is 0 Å². The van der Waals surface area contributed by atoms with Gasteiger partial charge >= 0.3 is 5.37 Å². The third kappa shape index (κ3) is 1.03. The monoisotopic (exact) mass is 174 g/mol. The van der Waals surface area contributed by atoms with Crippen molar-refractivity contribution in [1.82, 2.24) is 9.80 Å². The first kappa shape index (κ1) is 7.37. The minimum Gasteiger partial charge on any atom is -0.323 e. The van der Waals surface area contributed by atoms with Gasteiger partial charge in [0.15, 0.2) is 0 Å². The normalized spacial score (nSPS) is 36.7. The average Bonchev–Trinajstić information content (AvgIpc) is 2.43. The highest BCUT2D eigenvalue weighted by Crippen LogP contribution is 2.29. The van der Waals surface area contributed by atoms with Crippen molar-refractivity contribution in [2.75, 3.05) is 20.1 Å². The molecule has 0 saturated carbocycles. The molecule has 0 unspecified atom stereocenters. The number of likely N-dealkylation sites (N-methyl/N-ethyl adjacent to an activating group) is 1. The van der Waals surface area contributed by atoms with Gasteiger partial charge in [0.05, 0.1) is 0 Å². The number of likely N-dealkylation sites (tertiary alicyclic amines) is 2. The van der Waals surface area contributed by atoms with Crippen molar-refractivity contribution in [1.29, 1.82) is 0 Å². The molecular weight excluding hydrogens is 164 g/mol. The summed E-state index contributed by atoms with van der Waals surface area (Å²) in [5.74, 6) is 0. The summed E-state index contributed by atoms with van der Waals surface area (Å²) in [5, 5.41) is -0.286. The van der Waals surface area contributed by atoms with Crippen LogP contribution in [0.15, 0.2) is 0 Å². The van der Waals surface area contributed by atoms with Gasteiger partial charge in [-0.05, 0) is 25.1 Å². The first-order valence-corrected chi connectivity index (χ1v) is 4.22. The maximum Gasteiger partial charge on any atom is 0.316 e. The van der Waals surface area contributed by atoms with Crippen LogP contribution in [0.1, 0.15) is 6.42 Å². The highest BCUT2D eigenvalue weighted by Gasteiger charge is 2.42. The van der Waals surface area contributed by atoms with E-state index in [2.05, 4.69) is 11.9 Å². The number of carbonyl (C=O) groups excluding carboxylic acids is 1. The van der Waals surface area contributed by atoms with E-state index in [1.165, 1.54) is 0 Å². The van der Waals surface area contributed by atoms with Crippen LogP contribution in [0.4, 0.5) is 4.79 Å². The molecule has 2 aliphatic heterocycles. The van der Waals surface area contributed by atoms with Crippen molar-refractivity contribution >= 4 is 17.0 Å². The fourth-order valence-electron chi connectivity index (χ4n) is 2.08. The van der Waals surface area contributed by atoms with Gasteiger partial charge < -0.3 is 4.90 Å².